The van der Waals surface area contributed by atoms with Crippen LogP contribution in [-0.4, -0.2) is 29.9 Å². The van der Waals surface area contributed by atoms with Gasteiger partial charge in [-0.1, -0.05) is 38.8 Å². The largest absolute Gasteiger partial charge is 0.481 e. The summed E-state index contributed by atoms with van der Waals surface area (Å²) in [4.78, 5) is 24.4. The first kappa shape index (κ1) is 22.1. The SMILES string of the molecule is C=C1CC[C@@H]2[C@](C)(CCC[C@]2(C)C(=O)O)[C@H]1CCC1=CC(OCCCC)OC1=O. The molecular formula is C24H36O5. The molecule has 5 heteroatoms. The lowest BCUT2D eigenvalue weighted by Crippen LogP contribution is -2.53. The Morgan fingerprint density at radius 2 is 2.14 bits per heavy atom. The molecule has 0 amide bonds. The molecule has 1 unspecified atom stereocenters. The Hall–Kier alpha value is -1.62. The lowest BCUT2D eigenvalue weighted by Gasteiger charge is -2.57. The molecule has 0 bridgehead atoms. The number of cyclic esters (lactones) is 1. The van der Waals surface area contributed by atoms with E-state index in [0.717, 1.165) is 51.4 Å². The van der Waals surface area contributed by atoms with Gasteiger partial charge in [-0.2, -0.15) is 0 Å². The van der Waals surface area contributed by atoms with Crippen molar-refractivity contribution in [2.24, 2.45) is 22.7 Å². The number of hydrogen-bond acceptors (Lipinski definition) is 4. The predicted molar refractivity (Wildman–Crippen MR) is 111 cm³/mol. The summed E-state index contributed by atoms with van der Waals surface area (Å²) in [5.41, 5.74) is 1.14. The lowest BCUT2D eigenvalue weighted by atomic mass is 9.46. The van der Waals surface area contributed by atoms with E-state index in [1.165, 1.54) is 5.57 Å². The maximum atomic E-state index is 12.3. The number of fused-ring (bicyclic) bond motifs is 1. The molecule has 2 fully saturated rings. The Kier molecular flexibility index (Phi) is 6.57. The number of rotatable bonds is 8. The van der Waals surface area contributed by atoms with Crippen LogP contribution < -0.4 is 0 Å². The van der Waals surface area contributed by atoms with Crippen LogP contribution in [0.1, 0.15) is 78.6 Å². The zero-order valence-corrected chi connectivity index (χ0v) is 18.2. The van der Waals surface area contributed by atoms with Gasteiger partial charge in [0.2, 0.25) is 6.29 Å². The highest BCUT2D eigenvalue weighted by Crippen LogP contribution is 2.62. The molecule has 0 aromatic heterocycles. The molecule has 0 spiro atoms. The summed E-state index contributed by atoms with van der Waals surface area (Å²) >= 11 is 0. The van der Waals surface area contributed by atoms with E-state index in [4.69, 9.17) is 9.47 Å². The highest BCUT2D eigenvalue weighted by atomic mass is 16.7. The van der Waals surface area contributed by atoms with E-state index >= 15 is 0 Å². The topological polar surface area (TPSA) is 72.8 Å². The smallest absolute Gasteiger partial charge is 0.336 e. The van der Waals surface area contributed by atoms with E-state index in [2.05, 4.69) is 20.4 Å². The highest BCUT2D eigenvalue weighted by molar-refractivity contribution is 5.90. The van der Waals surface area contributed by atoms with Gasteiger partial charge in [0.25, 0.3) is 0 Å². The number of allylic oxidation sites excluding steroid dienone is 1. The molecule has 0 saturated heterocycles. The molecule has 5 nitrogen and oxygen atoms in total. The van der Waals surface area contributed by atoms with E-state index in [1.807, 2.05) is 13.0 Å². The zero-order chi connectivity index (χ0) is 21.2. The van der Waals surface area contributed by atoms with Gasteiger partial charge in [0.1, 0.15) is 0 Å². The minimum absolute atomic E-state index is 0.0825. The lowest BCUT2D eigenvalue weighted by molar-refractivity contribution is -0.164. The Bertz CT molecular complexity index is 695. The number of carboxylic acids is 1. The molecule has 1 heterocycles. The van der Waals surface area contributed by atoms with Crippen LogP contribution in [0, 0.1) is 22.7 Å². The van der Waals surface area contributed by atoms with Crippen LogP contribution in [0.3, 0.4) is 0 Å². The van der Waals surface area contributed by atoms with Crippen LogP contribution >= 0.6 is 0 Å². The van der Waals surface area contributed by atoms with E-state index in [-0.39, 0.29) is 23.2 Å². The van der Waals surface area contributed by atoms with Crippen molar-refractivity contribution in [1.82, 2.24) is 0 Å². The third-order valence-electron chi connectivity index (χ3n) is 7.81. The second kappa shape index (κ2) is 8.63. The van der Waals surface area contributed by atoms with E-state index in [0.29, 0.717) is 18.6 Å². The second-order valence-electron chi connectivity index (χ2n) is 9.61. The van der Waals surface area contributed by atoms with Gasteiger partial charge in [-0.25, -0.2) is 4.79 Å². The number of unbranched alkanes of at least 4 members (excludes halogenated alkanes) is 1. The number of carboxylic acid groups (broad SMARTS) is 1. The van der Waals surface area contributed by atoms with Gasteiger partial charge in [0.15, 0.2) is 0 Å². The Morgan fingerprint density at radius 3 is 2.83 bits per heavy atom. The summed E-state index contributed by atoms with van der Waals surface area (Å²) in [7, 11) is 0. The van der Waals surface area contributed by atoms with Crippen LogP contribution in [-0.2, 0) is 19.1 Å². The number of carbonyl (C=O) groups is 2. The minimum Gasteiger partial charge on any atom is -0.481 e. The summed E-state index contributed by atoms with van der Waals surface area (Å²) in [6.07, 6.45) is 9.14. The zero-order valence-electron chi connectivity index (χ0n) is 18.2. The molecule has 1 aliphatic heterocycles. The maximum Gasteiger partial charge on any atom is 0.336 e. The normalized spacial score (nSPS) is 37.1. The number of esters is 1. The van der Waals surface area contributed by atoms with Crippen LogP contribution in [0.15, 0.2) is 23.8 Å². The second-order valence-corrected chi connectivity index (χ2v) is 9.61. The van der Waals surface area contributed by atoms with Gasteiger partial charge in [-0.3, -0.25) is 4.79 Å². The Labute approximate surface area is 174 Å². The average molecular weight is 405 g/mol. The maximum absolute atomic E-state index is 12.3. The monoisotopic (exact) mass is 404 g/mol. The first-order chi connectivity index (χ1) is 13.7. The third kappa shape index (κ3) is 4.16. The van der Waals surface area contributed by atoms with E-state index in [9.17, 15) is 14.7 Å². The molecule has 3 aliphatic rings. The van der Waals surface area contributed by atoms with Gasteiger partial charge in [0, 0.05) is 5.57 Å². The molecule has 2 saturated carbocycles. The van der Waals surface area contributed by atoms with Gasteiger partial charge in [-0.05, 0) is 75.2 Å². The van der Waals surface area contributed by atoms with Crippen LogP contribution in [0.5, 0.6) is 0 Å². The standard InChI is InChI=1S/C24H36O5/c1-5-6-14-28-20-15-17(21(25)29-20)9-10-18-16(2)8-11-19-23(18,3)12-7-13-24(19,4)22(26)27/h15,18-20H,2,5-14H2,1,3-4H3,(H,26,27)/t18-,19+,20?,23+,24-/m0/s1. The molecule has 1 N–H and O–H groups in total. The van der Waals surface area contributed by atoms with Crippen LogP contribution in [0.2, 0.25) is 0 Å². The fraction of sp³-hybridized carbons (Fsp3) is 0.750. The molecule has 2 aliphatic carbocycles. The van der Waals surface area contributed by atoms with E-state index < -0.39 is 17.7 Å². The minimum atomic E-state index is -0.672. The van der Waals surface area contributed by atoms with Crippen molar-refractivity contribution in [3.63, 3.8) is 0 Å². The summed E-state index contributed by atoms with van der Waals surface area (Å²) < 4.78 is 10.9. The molecule has 0 radical (unpaired) electrons. The van der Waals surface area contributed by atoms with Crippen molar-refractivity contribution in [1.29, 1.82) is 0 Å². The van der Waals surface area contributed by atoms with Gasteiger partial charge >= 0.3 is 11.9 Å². The molecule has 0 aromatic rings. The fourth-order valence-corrected chi connectivity index (χ4v) is 6.10. The Morgan fingerprint density at radius 1 is 1.38 bits per heavy atom. The molecule has 162 valence electrons. The first-order valence-electron chi connectivity index (χ1n) is 11.2. The predicted octanol–water partition coefficient (Wildman–Crippen LogP) is 5.26. The Balaban J connectivity index is 1.71. The van der Waals surface area contributed by atoms with Gasteiger partial charge in [-0.15, -0.1) is 0 Å². The number of ether oxygens (including phenoxy) is 2. The quantitative estimate of drug-likeness (QED) is 0.339. The van der Waals surface area contributed by atoms with Gasteiger partial charge in [0.05, 0.1) is 12.0 Å². The van der Waals surface area contributed by atoms with Crippen molar-refractivity contribution in [2.45, 2.75) is 84.8 Å². The number of aliphatic carboxylic acids is 1. The van der Waals surface area contributed by atoms with Crippen molar-refractivity contribution in [3.05, 3.63) is 23.8 Å². The fourth-order valence-electron chi connectivity index (χ4n) is 6.10. The molecular weight excluding hydrogens is 368 g/mol. The number of hydrogen-bond donors (Lipinski definition) is 1. The first-order valence-corrected chi connectivity index (χ1v) is 11.2. The average Bonchev–Trinajstić information content (AvgIpc) is 3.00. The summed E-state index contributed by atoms with van der Waals surface area (Å²) in [6.45, 7) is 11.2. The van der Waals surface area contributed by atoms with Crippen LogP contribution in [0.4, 0.5) is 0 Å². The molecule has 3 rings (SSSR count). The highest BCUT2D eigenvalue weighted by Gasteiger charge is 2.57. The summed E-state index contributed by atoms with van der Waals surface area (Å²) in [6, 6.07) is 0. The van der Waals surface area contributed by atoms with Gasteiger partial charge < -0.3 is 14.6 Å². The van der Waals surface area contributed by atoms with Crippen molar-refractivity contribution in [3.8, 4) is 0 Å². The van der Waals surface area contributed by atoms with E-state index in [1.54, 1.807) is 0 Å². The number of carbonyl (C=O) groups excluding carboxylic acids is 1. The van der Waals surface area contributed by atoms with Crippen molar-refractivity contribution >= 4 is 11.9 Å². The van der Waals surface area contributed by atoms with Crippen molar-refractivity contribution in [2.75, 3.05) is 6.61 Å². The third-order valence-corrected chi connectivity index (χ3v) is 7.81. The van der Waals surface area contributed by atoms with Crippen LogP contribution in [0.25, 0.3) is 0 Å². The molecule has 29 heavy (non-hydrogen) atoms. The molecule has 5 atom stereocenters. The summed E-state index contributed by atoms with van der Waals surface area (Å²) in [5.74, 6) is -0.581. The molecule has 0 aromatic carbocycles. The van der Waals surface area contributed by atoms with Crippen molar-refractivity contribution < 1.29 is 24.2 Å². The summed E-state index contributed by atoms with van der Waals surface area (Å²) in [5, 5.41) is 9.95.